The Balaban J connectivity index is 2.00. The highest BCUT2D eigenvalue weighted by Crippen LogP contribution is 2.20. The third-order valence-corrected chi connectivity index (χ3v) is 4.90. The van der Waals surface area contributed by atoms with Gasteiger partial charge in [-0.05, 0) is 39.1 Å². The maximum Gasteiger partial charge on any atom is 0.191 e. The summed E-state index contributed by atoms with van der Waals surface area (Å²) in [4.78, 5) is 6.72. The normalized spacial score (nSPS) is 13.3. The van der Waals surface area contributed by atoms with Gasteiger partial charge in [-0.3, -0.25) is 14.6 Å². The molecular weight excluding hydrogens is 328 g/mol. The highest BCUT2D eigenvalue weighted by atomic mass is 16.3. The summed E-state index contributed by atoms with van der Waals surface area (Å²) in [7, 11) is 3.76. The molecule has 2 aromatic rings. The molecule has 0 saturated carbocycles. The number of rotatable bonds is 8. The zero-order chi connectivity index (χ0) is 19.1. The van der Waals surface area contributed by atoms with Crippen molar-refractivity contribution in [2.45, 2.75) is 40.3 Å². The summed E-state index contributed by atoms with van der Waals surface area (Å²) >= 11 is 0. The van der Waals surface area contributed by atoms with Gasteiger partial charge in [0.1, 0.15) is 5.76 Å². The van der Waals surface area contributed by atoms with E-state index in [1.807, 2.05) is 30.8 Å². The third kappa shape index (κ3) is 4.66. The lowest BCUT2D eigenvalue weighted by Crippen LogP contribution is -2.43. The molecule has 2 rings (SSSR count). The van der Waals surface area contributed by atoms with Gasteiger partial charge in [0.2, 0.25) is 0 Å². The van der Waals surface area contributed by atoms with Crippen molar-refractivity contribution in [1.29, 1.82) is 0 Å². The number of aliphatic imine (C=N–C) groups is 1. The van der Waals surface area contributed by atoms with Crippen LogP contribution in [0.2, 0.25) is 0 Å². The van der Waals surface area contributed by atoms with Crippen molar-refractivity contribution >= 4 is 5.96 Å². The van der Waals surface area contributed by atoms with E-state index in [1.165, 1.54) is 11.3 Å². The smallest absolute Gasteiger partial charge is 0.191 e. The Kier molecular flexibility index (Phi) is 7.26. The Morgan fingerprint density at radius 3 is 2.54 bits per heavy atom. The second-order valence-corrected chi connectivity index (χ2v) is 6.33. The fourth-order valence-electron chi connectivity index (χ4n) is 3.21. The number of hydrogen-bond donors (Lipinski definition) is 2. The molecule has 0 aliphatic carbocycles. The fraction of sp³-hybridized carbons (Fsp3) is 0.579. The number of aryl methyl sites for hydroxylation is 2. The quantitative estimate of drug-likeness (QED) is 0.559. The Labute approximate surface area is 156 Å². The van der Waals surface area contributed by atoms with Gasteiger partial charge in [-0.2, -0.15) is 5.10 Å². The summed E-state index contributed by atoms with van der Waals surface area (Å²) in [6.07, 6.45) is 1.73. The monoisotopic (exact) mass is 360 g/mol. The predicted octanol–water partition coefficient (Wildman–Crippen LogP) is 2.38. The van der Waals surface area contributed by atoms with E-state index in [9.17, 15) is 0 Å². The summed E-state index contributed by atoms with van der Waals surface area (Å²) in [5, 5.41) is 11.3. The molecule has 7 nitrogen and oxygen atoms in total. The lowest BCUT2D eigenvalue weighted by Gasteiger charge is -2.28. The number of nitrogens with zero attached hydrogens (tertiary/aromatic N) is 4. The maximum atomic E-state index is 5.66. The van der Waals surface area contributed by atoms with Crippen LogP contribution in [0.15, 0.2) is 27.8 Å². The molecular formula is C19H32N6O. The molecule has 7 heteroatoms. The van der Waals surface area contributed by atoms with Crippen molar-refractivity contribution in [3.05, 3.63) is 41.1 Å². The number of nitrogens with one attached hydrogen (secondary N) is 2. The summed E-state index contributed by atoms with van der Waals surface area (Å²) in [6, 6.07) is 4.14. The molecule has 0 fully saturated rings. The van der Waals surface area contributed by atoms with Crippen LogP contribution in [0.4, 0.5) is 0 Å². The van der Waals surface area contributed by atoms with Gasteiger partial charge in [0.05, 0.1) is 18.0 Å². The first-order valence-corrected chi connectivity index (χ1v) is 9.22. The van der Waals surface area contributed by atoms with Crippen molar-refractivity contribution in [3.8, 4) is 0 Å². The molecule has 2 N–H and O–H groups in total. The van der Waals surface area contributed by atoms with Crippen LogP contribution in [0.1, 0.15) is 42.6 Å². The Morgan fingerprint density at radius 2 is 2.04 bits per heavy atom. The van der Waals surface area contributed by atoms with E-state index in [2.05, 4.69) is 46.4 Å². The van der Waals surface area contributed by atoms with Crippen LogP contribution in [0.5, 0.6) is 0 Å². The SMILES string of the molecule is CCN(CC)C(CNC(=NC)NCc1c(C)nn(C)c1C)c1ccco1. The Bertz CT molecular complexity index is 700. The molecule has 144 valence electrons. The molecule has 0 bridgehead atoms. The van der Waals surface area contributed by atoms with E-state index in [1.54, 1.807) is 13.3 Å². The van der Waals surface area contributed by atoms with Gasteiger partial charge in [0, 0.05) is 38.4 Å². The number of furan rings is 1. The van der Waals surface area contributed by atoms with Gasteiger partial charge in [0.25, 0.3) is 0 Å². The molecule has 0 spiro atoms. The van der Waals surface area contributed by atoms with E-state index in [0.717, 1.165) is 37.0 Å². The van der Waals surface area contributed by atoms with E-state index >= 15 is 0 Å². The molecule has 2 aromatic heterocycles. The van der Waals surface area contributed by atoms with Gasteiger partial charge in [0.15, 0.2) is 5.96 Å². The van der Waals surface area contributed by atoms with Crippen LogP contribution in [-0.4, -0.2) is 47.3 Å². The first-order chi connectivity index (χ1) is 12.5. The predicted molar refractivity (Wildman–Crippen MR) is 105 cm³/mol. The lowest BCUT2D eigenvalue weighted by molar-refractivity contribution is 0.193. The average Bonchev–Trinajstić information content (AvgIpc) is 3.24. The van der Waals surface area contributed by atoms with Crippen molar-refractivity contribution in [2.24, 2.45) is 12.0 Å². The first kappa shape index (κ1) is 20.0. The topological polar surface area (TPSA) is 70.6 Å². The Morgan fingerprint density at radius 1 is 1.31 bits per heavy atom. The third-order valence-electron chi connectivity index (χ3n) is 4.90. The maximum absolute atomic E-state index is 5.66. The molecule has 0 saturated heterocycles. The van der Waals surface area contributed by atoms with Gasteiger partial charge >= 0.3 is 0 Å². The van der Waals surface area contributed by atoms with E-state index < -0.39 is 0 Å². The minimum Gasteiger partial charge on any atom is -0.468 e. The van der Waals surface area contributed by atoms with Gasteiger partial charge in [-0.25, -0.2) is 0 Å². The molecule has 0 aliphatic heterocycles. The van der Waals surface area contributed by atoms with Gasteiger partial charge < -0.3 is 15.1 Å². The van der Waals surface area contributed by atoms with Crippen molar-refractivity contribution in [1.82, 2.24) is 25.3 Å². The molecule has 2 heterocycles. The van der Waals surface area contributed by atoms with Crippen LogP contribution in [0, 0.1) is 13.8 Å². The minimum absolute atomic E-state index is 0.167. The molecule has 26 heavy (non-hydrogen) atoms. The number of likely N-dealkylation sites (N-methyl/N-ethyl adjacent to an activating group) is 1. The summed E-state index contributed by atoms with van der Waals surface area (Å²) < 4.78 is 7.57. The number of aromatic nitrogens is 2. The Hall–Kier alpha value is -2.28. The van der Waals surface area contributed by atoms with E-state index in [-0.39, 0.29) is 6.04 Å². The standard InChI is InChI=1S/C19H32N6O/c1-7-25(8-2)17(18-10-9-11-26-18)13-22-19(20-5)21-12-16-14(3)23-24(6)15(16)4/h9-11,17H,7-8,12-13H2,1-6H3,(H2,20,21,22). The summed E-state index contributed by atoms with van der Waals surface area (Å²) in [6.45, 7) is 11.8. The number of hydrogen-bond acceptors (Lipinski definition) is 4. The molecule has 0 aromatic carbocycles. The second-order valence-electron chi connectivity index (χ2n) is 6.33. The van der Waals surface area contributed by atoms with Crippen molar-refractivity contribution < 1.29 is 4.42 Å². The molecule has 1 unspecified atom stereocenters. The highest BCUT2D eigenvalue weighted by Gasteiger charge is 2.21. The summed E-state index contributed by atoms with van der Waals surface area (Å²) in [5.41, 5.74) is 3.42. The minimum atomic E-state index is 0.167. The average molecular weight is 361 g/mol. The molecule has 0 radical (unpaired) electrons. The largest absolute Gasteiger partial charge is 0.468 e. The zero-order valence-corrected chi connectivity index (χ0v) is 16.8. The van der Waals surface area contributed by atoms with Crippen molar-refractivity contribution in [2.75, 3.05) is 26.7 Å². The van der Waals surface area contributed by atoms with E-state index in [0.29, 0.717) is 6.54 Å². The second kappa shape index (κ2) is 9.43. The fourth-order valence-corrected chi connectivity index (χ4v) is 3.21. The lowest BCUT2D eigenvalue weighted by atomic mass is 10.2. The highest BCUT2D eigenvalue weighted by molar-refractivity contribution is 5.79. The van der Waals surface area contributed by atoms with Crippen LogP contribution < -0.4 is 10.6 Å². The van der Waals surface area contributed by atoms with Gasteiger partial charge in [-0.15, -0.1) is 0 Å². The zero-order valence-electron chi connectivity index (χ0n) is 16.8. The van der Waals surface area contributed by atoms with Gasteiger partial charge in [-0.1, -0.05) is 13.8 Å². The van der Waals surface area contributed by atoms with Crippen LogP contribution in [0.25, 0.3) is 0 Å². The van der Waals surface area contributed by atoms with E-state index in [4.69, 9.17) is 4.42 Å². The van der Waals surface area contributed by atoms with Crippen LogP contribution >= 0.6 is 0 Å². The van der Waals surface area contributed by atoms with Crippen LogP contribution in [-0.2, 0) is 13.6 Å². The van der Waals surface area contributed by atoms with Crippen molar-refractivity contribution in [3.63, 3.8) is 0 Å². The summed E-state index contributed by atoms with van der Waals surface area (Å²) in [5.74, 6) is 1.74. The molecule has 0 amide bonds. The van der Waals surface area contributed by atoms with Crippen LogP contribution in [0.3, 0.4) is 0 Å². The first-order valence-electron chi connectivity index (χ1n) is 9.22. The molecule has 0 aliphatic rings. The molecule has 1 atom stereocenters. The number of guanidine groups is 1.